The predicted molar refractivity (Wildman–Crippen MR) is 319 cm³/mol. The first-order chi connectivity index (χ1) is 37.7. The fourth-order valence-corrected chi connectivity index (χ4v) is 15.4. The van der Waals surface area contributed by atoms with Crippen molar-refractivity contribution in [3.05, 3.63) is 230 Å². The Kier molecular flexibility index (Phi) is 8.36. The number of nitrogens with zero attached hydrogens (tertiary/aromatic N) is 6. The van der Waals surface area contributed by atoms with Crippen LogP contribution in [0.5, 0.6) is 0 Å². The van der Waals surface area contributed by atoms with Crippen LogP contribution >= 0.6 is 22.7 Å². The van der Waals surface area contributed by atoms with Crippen LogP contribution in [0, 0.1) is 22.7 Å². The Morgan fingerprint density at radius 1 is 0.237 bits per heavy atom. The van der Waals surface area contributed by atoms with Crippen molar-refractivity contribution < 1.29 is 0 Å². The van der Waals surface area contributed by atoms with Gasteiger partial charge in [-0.3, -0.25) is 0 Å². The standard InChI is InChI=1S/C68H36N6S2/c69-37-47-65(73-53-29-13-5-21-43(53)61-55(73)33-35-59-63(61)45-23-7-15-31-57(45)75-59)48(38-70)67(72-51-27-11-3-19-41(51)42-20-4-12-28-52(42)72)68(66(47)71-49-25-9-1-17-39(49)40-18-2-10-26-50(40)71)74-54-30-14-6-22-44(54)62-56(74)34-36-60-64(62)46-24-8-16-32-58(46)76-60/h1-36H. The molecule has 11 aromatic carbocycles. The summed E-state index contributed by atoms with van der Waals surface area (Å²) in [5.74, 6) is 0. The van der Waals surface area contributed by atoms with Gasteiger partial charge in [-0.25, -0.2) is 0 Å². The van der Waals surface area contributed by atoms with Gasteiger partial charge in [0.1, 0.15) is 23.3 Å². The van der Waals surface area contributed by atoms with Gasteiger partial charge in [0, 0.05) is 83.4 Å². The molecule has 0 unspecified atom stereocenters. The minimum atomic E-state index is 0.383. The number of para-hydroxylation sites is 6. The van der Waals surface area contributed by atoms with Crippen molar-refractivity contribution in [3.63, 3.8) is 0 Å². The van der Waals surface area contributed by atoms with Crippen molar-refractivity contribution in [2.24, 2.45) is 0 Å². The number of hydrogen-bond acceptors (Lipinski definition) is 4. The van der Waals surface area contributed by atoms with E-state index in [1.807, 2.05) is 11.3 Å². The first kappa shape index (κ1) is 41.5. The second kappa shape index (κ2) is 15.3. The monoisotopic (exact) mass is 1000 g/mol. The van der Waals surface area contributed by atoms with E-state index in [2.05, 4.69) is 249 Å². The molecule has 0 atom stereocenters. The molecule has 0 aliphatic carbocycles. The zero-order chi connectivity index (χ0) is 49.9. The smallest absolute Gasteiger partial charge is 0.104 e. The summed E-state index contributed by atoms with van der Waals surface area (Å²) in [4.78, 5) is 0. The third kappa shape index (κ3) is 5.26. The van der Waals surface area contributed by atoms with Crippen LogP contribution in [0.4, 0.5) is 0 Å². The van der Waals surface area contributed by atoms with Crippen LogP contribution in [-0.4, -0.2) is 18.3 Å². The number of hydrogen-bond donors (Lipinski definition) is 0. The van der Waals surface area contributed by atoms with Gasteiger partial charge in [-0.15, -0.1) is 22.7 Å². The van der Waals surface area contributed by atoms with E-state index in [4.69, 9.17) is 0 Å². The third-order valence-corrected chi connectivity index (χ3v) is 18.3. The van der Waals surface area contributed by atoms with Gasteiger partial charge < -0.3 is 18.3 Å². The Morgan fingerprint density at radius 2 is 0.526 bits per heavy atom. The fraction of sp³-hybridized carbons (Fsp3) is 0. The van der Waals surface area contributed by atoms with Crippen molar-refractivity contribution in [3.8, 4) is 34.9 Å². The zero-order valence-electron chi connectivity index (χ0n) is 40.3. The Bertz CT molecular complexity index is 5260. The Labute approximate surface area is 440 Å². The van der Waals surface area contributed by atoms with E-state index in [1.54, 1.807) is 11.3 Å². The molecule has 6 nitrogen and oxygen atoms in total. The summed E-state index contributed by atoms with van der Waals surface area (Å²) < 4.78 is 14.1. The molecule has 0 aliphatic rings. The molecule has 0 saturated heterocycles. The highest BCUT2D eigenvalue weighted by atomic mass is 32.1. The number of nitriles is 2. The molecule has 6 heterocycles. The maximum absolute atomic E-state index is 12.6. The van der Waals surface area contributed by atoms with Crippen molar-refractivity contribution in [1.82, 2.24) is 18.3 Å². The molecule has 0 fully saturated rings. The van der Waals surface area contributed by atoms with Crippen LogP contribution in [0.25, 0.3) is 150 Å². The molecule has 0 N–H and O–H groups in total. The van der Waals surface area contributed by atoms with Crippen molar-refractivity contribution >= 4 is 150 Å². The minimum Gasteiger partial charge on any atom is -0.306 e. The summed E-state index contributed by atoms with van der Waals surface area (Å²) in [6, 6.07) is 83.4. The molecule has 0 saturated carbocycles. The largest absolute Gasteiger partial charge is 0.306 e. The first-order valence-corrected chi connectivity index (χ1v) is 27.0. The number of thiophene rings is 2. The SMILES string of the molecule is N#Cc1c(-n2c3ccccc3c3ccccc32)c(-n2c3ccccc3c3c4c(ccc32)sc2ccccc24)c(-n2c3ccccc3c3ccccc32)c(C#N)c1-n1c2ccccc2c2c3c(ccc21)sc1ccccc13. The lowest BCUT2D eigenvalue weighted by Crippen LogP contribution is -2.16. The highest BCUT2D eigenvalue weighted by molar-refractivity contribution is 7.26. The average molecular weight is 1000 g/mol. The maximum atomic E-state index is 12.6. The molecule has 350 valence electrons. The van der Waals surface area contributed by atoms with Gasteiger partial charge >= 0.3 is 0 Å². The lowest BCUT2D eigenvalue weighted by molar-refractivity contribution is 1.02. The number of aromatic nitrogens is 4. The second-order valence-corrected chi connectivity index (χ2v) is 21.8. The summed E-state index contributed by atoms with van der Waals surface area (Å²) in [5, 5.41) is 38.6. The topological polar surface area (TPSA) is 67.3 Å². The predicted octanol–water partition coefficient (Wildman–Crippen LogP) is 18.6. The molecular formula is C68H36N6S2. The average Bonchev–Trinajstić information content (AvgIpc) is 4.49. The summed E-state index contributed by atoms with van der Waals surface area (Å²) >= 11 is 3.60. The molecule has 0 amide bonds. The quantitative estimate of drug-likeness (QED) is 0.176. The van der Waals surface area contributed by atoms with Crippen molar-refractivity contribution in [2.75, 3.05) is 0 Å². The highest BCUT2D eigenvalue weighted by Crippen LogP contribution is 2.51. The lowest BCUT2D eigenvalue weighted by Gasteiger charge is -2.27. The summed E-state index contributed by atoms with van der Waals surface area (Å²) in [6.45, 7) is 0. The molecule has 8 heteroatoms. The van der Waals surface area contributed by atoms with Gasteiger partial charge in [0.25, 0.3) is 0 Å². The van der Waals surface area contributed by atoms with Gasteiger partial charge in [-0.2, -0.15) is 10.5 Å². The second-order valence-electron chi connectivity index (χ2n) is 19.7. The van der Waals surface area contributed by atoms with E-state index < -0.39 is 0 Å². The van der Waals surface area contributed by atoms with Gasteiger partial charge in [-0.1, -0.05) is 146 Å². The molecule has 0 spiro atoms. The third-order valence-electron chi connectivity index (χ3n) is 16.0. The summed E-state index contributed by atoms with van der Waals surface area (Å²) in [5.41, 5.74) is 10.9. The van der Waals surface area contributed by atoms with E-state index in [9.17, 15) is 10.5 Å². The molecule has 6 aromatic heterocycles. The van der Waals surface area contributed by atoms with Crippen LogP contribution in [0.2, 0.25) is 0 Å². The molecule has 0 radical (unpaired) electrons. The Morgan fingerprint density at radius 3 is 0.895 bits per heavy atom. The number of fused-ring (bicyclic) bond motifs is 20. The van der Waals surface area contributed by atoms with E-state index >= 15 is 0 Å². The summed E-state index contributed by atoms with van der Waals surface area (Å²) in [6.07, 6.45) is 0. The Hall–Kier alpha value is -9.96. The van der Waals surface area contributed by atoms with Crippen LogP contribution in [-0.2, 0) is 0 Å². The zero-order valence-corrected chi connectivity index (χ0v) is 41.9. The van der Waals surface area contributed by atoms with Gasteiger partial charge in [0.05, 0.1) is 66.9 Å². The first-order valence-electron chi connectivity index (χ1n) is 25.4. The van der Waals surface area contributed by atoms with E-state index in [0.717, 1.165) is 92.9 Å². The van der Waals surface area contributed by atoms with Gasteiger partial charge in [0.2, 0.25) is 0 Å². The Balaban J connectivity index is 1.19. The minimum absolute atomic E-state index is 0.383. The van der Waals surface area contributed by atoms with Crippen LogP contribution in [0.1, 0.15) is 11.1 Å². The fourth-order valence-electron chi connectivity index (χ4n) is 13.1. The molecule has 0 aliphatic heterocycles. The summed E-state index contributed by atoms with van der Waals surface area (Å²) in [7, 11) is 0. The van der Waals surface area contributed by atoms with E-state index in [1.165, 1.54) is 40.3 Å². The maximum Gasteiger partial charge on any atom is 0.104 e. The van der Waals surface area contributed by atoms with E-state index in [-0.39, 0.29) is 0 Å². The van der Waals surface area contributed by atoms with Gasteiger partial charge in [-0.05, 0) is 72.8 Å². The molecule has 17 rings (SSSR count). The van der Waals surface area contributed by atoms with E-state index in [0.29, 0.717) is 28.2 Å². The lowest BCUT2D eigenvalue weighted by atomic mass is 9.98. The molecule has 17 aromatic rings. The number of rotatable bonds is 4. The van der Waals surface area contributed by atoms with Crippen LogP contribution in [0.3, 0.4) is 0 Å². The molecule has 76 heavy (non-hydrogen) atoms. The van der Waals surface area contributed by atoms with Gasteiger partial charge in [0.15, 0.2) is 0 Å². The highest BCUT2D eigenvalue weighted by Gasteiger charge is 2.35. The van der Waals surface area contributed by atoms with Crippen molar-refractivity contribution in [1.29, 1.82) is 10.5 Å². The van der Waals surface area contributed by atoms with Crippen LogP contribution in [0.15, 0.2) is 218 Å². The van der Waals surface area contributed by atoms with Crippen LogP contribution < -0.4 is 0 Å². The molecular weight excluding hydrogens is 965 g/mol. The molecule has 0 bridgehead atoms. The number of benzene rings is 11. The normalized spacial score (nSPS) is 12.2. The van der Waals surface area contributed by atoms with Crippen molar-refractivity contribution in [2.45, 2.75) is 0 Å².